The molecule has 0 saturated carbocycles. The molecule has 3 N–H and O–H groups in total. The van der Waals surface area contributed by atoms with Gasteiger partial charge in [0.05, 0.1) is 14.2 Å². The summed E-state index contributed by atoms with van der Waals surface area (Å²) in [6.07, 6.45) is 0. The van der Waals surface area contributed by atoms with Gasteiger partial charge >= 0.3 is 5.97 Å². The minimum Gasteiger partial charge on any atom is -0.507 e. The molecule has 0 fully saturated rings. The Morgan fingerprint density at radius 2 is 1.62 bits per heavy atom. The molecule has 0 aliphatic rings. The van der Waals surface area contributed by atoms with Crippen molar-refractivity contribution in [1.82, 2.24) is 0 Å². The van der Waals surface area contributed by atoms with Crippen LogP contribution in [0.4, 0.5) is 5.69 Å². The largest absolute Gasteiger partial charge is 0.507 e. The van der Waals surface area contributed by atoms with Crippen molar-refractivity contribution in [2.45, 2.75) is 0 Å². The number of hydrogen-bond donors (Lipinski definition) is 3. The molecule has 8 nitrogen and oxygen atoms in total. The van der Waals surface area contributed by atoms with Gasteiger partial charge in [0.1, 0.15) is 17.1 Å². The number of carbonyl (C=O) groups excluding carboxylic acids is 2. The first kappa shape index (κ1) is 19.8. The van der Waals surface area contributed by atoms with Crippen LogP contribution in [0.25, 0.3) is 10.8 Å². The van der Waals surface area contributed by atoms with Gasteiger partial charge in [-0.1, -0.05) is 24.3 Å². The van der Waals surface area contributed by atoms with Gasteiger partial charge in [0.25, 0.3) is 5.91 Å². The van der Waals surface area contributed by atoms with Crippen molar-refractivity contribution in [2.75, 3.05) is 26.1 Å². The van der Waals surface area contributed by atoms with Crippen LogP contribution in [-0.2, 0) is 9.53 Å². The van der Waals surface area contributed by atoms with Gasteiger partial charge in [-0.3, -0.25) is 4.79 Å². The van der Waals surface area contributed by atoms with E-state index in [1.807, 2.05) is 0 Å². The number of phenols is 2. The Bertz CT molecular complexity index is 1080. The van der Waals surface area contributed by atoms with Crippen LogP contribution in [0.1, 0.15) is 10.4 Å². The van der Waals surface area contributed by atoms with Crippen molar-refractivity contribution in [1.29, 1.82) is 0 Å². The van der Waals surface area contributed by atoms with Gasteiger partial charge < -0.3 is 29.7 Å². The second kappa shape index (κ2) is 8.39. The number of esters is 1. The lowest BCUT2D eigenvalue weighted by atomic mass is 10.0. The highest BCUT2D eigenvalue weighted by atomic mass is 16.5. The number of hydrogen-bond acceptors (Lipinski definition) is 7. The van der Waals surface area contributed by atoms with E-state index in [2.05, 4.69) is 5.32 Å². The Morgan fingerprint density at radius 1 is 0.931 bits per heavy atom. The third-order valence-electron chi connectivity index (χ3n) is 4.22. The summed E-state index contributed by atoms with van der Waals surface area (Å²) in [5.41, 5.74) is 0.190. The molecular weight excluding hydrogens is 378 g/mol. The number of carbonyl (C=O) groups is 2. The van der Waals surface area contributed by atoms with E-state index in [-0.39, 0.29) is 17.1 Å². The quantitative estimate of drug-likeness (QED) is 0.433. The topological polar surface area (TPSA) is 114 Å². The molecule has 0 aliphatic heterocycles. The van der Waals surface area contributed by atoms with Crippen LogP contribution in [0, 0.1) is 0 Å². The molecule has 0 atom stereocenters. The van der Waals surface area contributed by atoms with Crippen LogP contribution >= 0.6 is 0 Å². The maximum Gasteiger partial charge on any atom is 0.342 e. The van der Waals surface area contributed by atoms with Crippen molar-refractivity contribution in [3.05, 3.63) is 54.1 Å². The van der Waals surface area contributed by atoms with Crippen molar-refractivity contribution >= 4 is 28.3 Å². The summed E-state index contributed by atoms with van der Waals surface area (Å²) in [4.78, 5) is 24.4. The molecule has 0 unspecified atom stereocenters. The number of ether oxygens (including phenoxy) is 3. The lowest BCUT2D eigenvalue weighted by molar-refractivity contribution is -0.119. The molecule has 0 bridgehead atoms. The predicted octanol–water partition coefficient (Wildman–Crippen LogP) is 3.06. The lowest BCUT2D eigenvalue weighted by Crippen LogP contribution is -2.21. The SMILES string of the molecule is COc1ccc(NC(=O)COC(=O)c2cc(O)c3ccccc3c2O)cc1OC. The minimum atomic E-state index is -0.939. The Morgan fingerprint density at radius 3 is 2.31 bits per heavy atom. The van der Waals surface area contributed by atoms with Gasteiger partial charge in [-0.05, 0) is 18.2 Å². The molecule has 0 radical (unpaired) electrons. The number of fused-ring (bicyclic) bond motifs is 1. The highest BCUT2D eigenvalue weighted by molar-refractivity contribution is 6.04. The molecule has 3 rings (SSSR count). The maximum atomic E-state index is 12.3. The molecule has 1 amide bonds. The number of methoxy groups -OCH3 is 2. The predicted molar refractivity (Wildman–Crippen MR) is 106 cm³/mol. The molecule has 0 heterocycles. The molecule has 29 heavy (non-hydrogen) atoms. The smallest absolute Gasteiger partial charge is 0.342 e. The van der Waals surface area contributed by atoms with Gasteiger partial charge in [-0.2, -0.15) is 0 Å². The average molecular weight is 397 g/mol. The Hall–Kier alpha value is -3.94. The van der Waals surface area contributed by atoms with E-state index < -0.39 is 18.5 Å². The van der Waals surface area contributed by atoms with Crippen molar-refractivity contribution in [2.24, 2.45) is 0 Å². The molecular formula is C21H19NO7. The summed E-state index contributed by atoms with van der Waals surface area (Å²) in [6.45, 7) is -0.583. The summed E-state index contributed by atoms with van der Waals surface area (Å²) in [5.74, 6) is -1.10. The van der Waals surface area contributed by atoms with Crippen LogP contribution < -0.4 is 14.8 Å². The van der Waals surface area contributed by atoms with Crippen LogP contribution in [0.3, 0.4) is 0 Å². The fourth-order valence-electron chi connectivity index (χ4n) is 2.82. The number of benzene rings is 3. The van der Waals surface area contributed by atoms with Gasteiger partial charge in [-0.15, -0.1) is 0 Å². The first-order chi connectivity index (χ1) is 13.9. The highest BCUT2D eigenvalue weighted by Crippen LogP contribution is 2.35. The third-order valence-corrected chi connectivity index (χ3v) is 4.22. The molecule has 8 heteroatoms. The van der Waals surface area contributed by atoms with E-state index in [1.165, 1.54) is 14.2 Å². The normalized spacial score (nSPS) is 10.4. The number of phenolic OH excluding ortho intramolecular Hbond substituents is 2. The number of anilines is 1. The summed E-state index contributed by atoms with van der Waals surface area (Å²) < 4.78 is 15.3. The monoisotopic (exact) mass is 397 g/mol. The van der Waals surface area contributed by atoms with Gasteiger partial charge in [0.2, 0.25) is 0 Å². The van der Waals surface area contributed by atoms with Crippen LogP contribution in [0.15, 0.2) is 48.5 Å². The maximum absolute atomic E-state index is 12.3. The van der Waals surface area contributed by atoms with Crippen molar-refractivity contribution < 1.29 is 34.0 Å². The molecule has 0 saturated heterocycles. The van der Waals surface area contributed by atoms with Gasteiger partial charge in [0.15, 0.2) is 18.1 Å². The molecule has 3 aromatic rings. The standard InChI is InChI=1S/C21H19NO7/c1-27-17-8-7-12(9-18(17)28-2)22-19(24)11-29-21(26)15-10-16(23)13-5-3-4-6-14(13)20(15)25/h3-10,23,25H,11H2,1-2H3,(H,22,24). The second-order valence-electron chi connectivity index (χ2n) is 6.03. The van der Waals surface area contributed by atoms with Crippen LogP contribution in [-0.4, -0.2) is 42.9 Å². The molecule has 3 aromatic carbocycles. The third kappa shape index (κ3) is 4.16. The van der Waals surface area contributed by atoms with Crippen molar-refractivity contribution in [3.63, 3.8) is 0 Å². The van der Waals surface area contributed by atoms with Gasteiger partial charge in [-0.25, -0.2) is 4.79 Å². The molecule has 150 valence electrons. The molecule has 0 aromatic heterocycles. The first-order valence-corrected chi connectivity index (χ1v) is 8.57. The minimum absolute atomic E-state index is 0.180. The fraction of sp³-hybridized carbons (Fsp3) is 0.143. The summed E-state index contributed by atoms with van der Waals surface area (Å²) in [5, 5.41) is 23.6. The second-order valence-corrected chi connectivity index (χ2v) is 6.03. The summed E-state index contributed by atoms with van der Waals surface area (Å²) in [7, 11) is 2.96. The average Bonchev–Trinajstić information content (AvgIpc) is 2.74. The zero-order chi connectivity index (χ0) is 21.0. The summed E-state index contributed by atoms with van der Waals surface area (Å²) >= 11 is 0. The van der Waals surface area contributed by atoms with Gasteiger partial charge in [0, 0.05) is 22.5 Å². The number of nitrogens with one attached hydrogen (secondary N) is 1. The van der Waals surface area contributed by atoms with Crippen LogP contribution in [0.2, 0.25) is 0 Å². The van der Waals surface area contributed by atoms with E-state index in [0.717, 1.165) is 6.07 Å². The number of rotatable bonds is 6. The Kier molecular flexibility index (Phi) is 5.73. The lowest BCUT2D eigenvalue weighted by Gasteiger charge is -2.12. The Balaban J connectivity index is 1.69. The molecule has 0 aliphatic carbocycles. The van der Waals surface area contributed by atoms with E-state index in [4.69, 9.17) is 14.2 Å². The van der Waals surface area contributed by atoms with E-state index >= 15 is 0 Å². The fourth-order valence-corrected chi connectivity index (χ4v) is 2.82. The first-order valence-electron chi connectivity index (χ1n) is 8.57. The Labute approximate surface area is 166 Å². The number of aromatic hydroxyl groups is 2. The van der Waals surface area contributed by atoms with E-state index in [1.54, 1.807) is 42.5 Å². The zero-order valence-electron chi connectivity index (χ0n) is 15.8. The molecule has 0 spiro atoms. The van der Waals surface area contributed by atoms with E-state index in [9.17, 15) is 19.8 Å². The van der Waals surface area contributed by atoms with E-state index in [0.29, 0.717) is 28.0 Å². The zero-order valence-corrected chi connectivity index (χ0v) is 15.8. The van der Waals surface area contributed by atoms with Crippen LogP contribution in [0.5, 0.6) is 23.0 Å². The number of amides is 1. The summed E-state index contributed by atoms with van der Waals surface area (Å²) in [6, 6.07) is 12.4. The van der Waals surface area contributed by atoms with Crippen molar-refractivity contribution in [3.8, 4) is 23.0 Å². The highest BCUT2D eigenvalue weighted by Gasteiger charge is 2.19.